The van der Waals surface area contributed by atoms with Crippen LogP contribution in [0, 0.1) is 0 Å². The summed E-state index contributed by atoms with van der Waals surface area (Å²) in [4.78, 5) is 64.8. The van der Waals surface area contributed by atoms with Gasteiger partial charge in [0.2, 0.25) is 5.91 Å². The lowest BCUT2D eigenvalue weighted by Gasteiger charge is -2.20. The first-order valence-corrected chi connectivity index (χ1v) is 11.3. The highest BCUT2D eigenvalue weighted by atomic mass is 16.7. The molecular weight excluding hydrogens is 454 g/mol. The topological polar surface area (TPSA) is 131 Å². The number of alkyl carbamates (subject to hydrolysis) is 1. The highest BCUT2D eigenvalue weighted by Gasteiger charge is 2.35. The molecule has 182 valence electrons. The van der Waals surface area contributed by atoms with E-state index in [1.807, 2.05) is 48.5 Å². The van der Waals surface area contributed by atoms with E-state index in [0.29, 0.717) is 5.06 Å². The Morgan fingerprint density at radius 3 is 2.00 bits per heavy atom. The number of amides is 4. The second kappa shape index (κ2) is 9.96. The van der Waals surface area contributed by atoms with Crippen LogP contribution in [-0.4, -0.2) is 53.5 Å². The van der Waals surface area contributed by atoms with Crippen LogP contribution in [0.3, 0.4) is 0 Å². The van der Waals surface area contributed by atoms with Crippen LogP contribution in [-0.2, 0) is 28.8 Å². The van der Waals surface area contributed by atoms with Crippen molar-refractivity contribution in [3.05, 3.63) is 59.7 Å². The Morgan fingerprint density at radius 2 is 1.43 bits per heavy atom. The molecule has 0 bridgehead atoms. The largest absolute Gasteiger partial charge is 0.449 e. The summed E-state index contributed by atoms with van der Waals surface area (Å²) in [6, 6.07) is 13.7. The Morgan fingerprint density at radius 1 is 0.886 bits per heavy atom. The highest BCUT2D eigenvalue weighted by molar-refractivity contribution is 6.02. The Labute approximate surface area is 201 Å². The number of benzene rings is 2. The Balaban J connectivity index is 1.28. The summed E-state index contributed by atoms with van der Waals surface area (Å²) < 4.78 is 5.42. The average molecular weight is 479 g/mol. The Hall–Kier alpha value is -4.21. The SMILES string of the molecule is C[C@H](NC(=O)OCC1c2ccccc2-c2ccccc21)C(=O)N[C@@H](C)C(=O)ON1C(=O)CCC1=O. The van der Waals surface area contributed by atoms with Crippen LogP contribution in [0.2, 0.25) is 0 Å². The predicted molar refractivity (Wildman–Crippen MR) is 122 cm³/mol. The number of fused-ring (bicyclic) bond motifs is 3. The van der Waals surface area contributed by atoms with Crippen molar-refractivity contribution in [3.8, 4) is 11.1 Å². The lowest BCUT2D eigenvalue weighted by Crippen LogP contribution is -2.50. The number of hydrogen-bond donors (Lipinski definition) is 2. The van der Waals surface area contributed by atoms with Gasteiger partial charge >= 0.3 is 12.1 Å². The number of hydroxylamine groups is 2. The number of carbonyl (C=O) groups is 5. The number of rotatable bonds is 7. The van der Waals surface area contributed by atoms with Crippen LogP contribution in [0.4, 0.5) is 4.79 Å². The molecule has 10 nitrogen and oxygen atoms in total. The second-order valence-corrected chi connectivity index (χ2v) is 8.41. The van der Waals surface area contributed by atoms with Crippen LogP contribution >= 0.6 is 0 Å². The van der Waals surface area contributed by atoms with Crippen LogP contribution in [0.25, 0.3) is 11.1 Å². The molecule has 2 atom stereocenters. The van der Waals surface area contributed by atoms with Crippen molar-refractivity contribution in [2.45, 2.75) is 44.7 Å². The van der Waals surface area contributed by atoms with Gasteiger partial charge in [0.1, 0.15) is 18.7 Å². The van der Waals surface area contributed by atoms with E-state index in [0.717, 1.165) is 22.3 Å². The maximum absolute atomic E-state index is 12.4. The zero-order valence-corrected chi connectivity index (χ0v) is 19.3. The molecule has 4 amide bonds. The number of hydrogen-bond acceptors (Lipinski definition) is 7. The molecule has 1 saturated heterocycles. The molecule has 0 unspecified atom stereocenters. The fourth-order valence-corrected chi connectivity index (χ4v) is 4.11. The van der Waals surface area contributed by atoms with Crippen molar-refractivity contribution >= 4 is 29.8 Å². The lowest BCUT2D eigenvalue weighted by molar-refractivity contribution is -0.198. The second-order valence-electron chi connectivity index (χ2n) is 8.41. The molecule has 2 N–H and O–H groups in total. The Kier molecular flexibility index (Phi) is 6.81. The standard InChI is InChI=1S/C25H25N3O7/c1-14(23(31)26-15(2)24(32)35-28-21(29)11-12-22(28)30)27-25(33)34-13-20-18-9-5-3-7-16(18)17-8-4-6-10-19(17)20/h3-10,14-15,20H,11-13H2,1-2H3,(H,26,31)(H,27,33)/t14-,15-/m0/s1. The van der Waals surface area contributed by atoms with Gasteiger partial charge < -0.3 is 20.2 Å². The van der Waals surface area contributed by atoms with Gasteiger partial charge in [0.15, 0.2) is 0 Å². The molecule has 10 heteroatoms. The monoisotopic (exact) mass is 479 g/mol. The van der Waals surface area contributed by atoms with Gasteiger partial charge in [-0.05, 0) is 36.1 Å². The molecular formula is C25H25N3O7. The zero-order valence-electron chi connectivity index (χ0n) is 19.3. The third kappa shape index (κ3) is 5.01. The van der Waals surface area contributed by atoms with Crippen molar-refractivity contribution in [2.24, 2.45) is 0 Å². The van der Waals surface area contributed by atoms with Gasteiger partial charge in [-0.25, -0.2) is 9.59 Å². The number of ether oxygens (including phenoxy) is 1. The summed E-state index contributed by atoms with van der Waals surface area (Å²) in [6.07, 6.45) is -0.847. The van der Waals surface area contributed by atoms with E-state index in [1.165, 1.54) is 13.8 Å². The minimum Gasteiger partial charge on any atom is -0.449 e. The predicted octanol–water partition coefficient (Wildman–Crippen LogP) is 2.03. The van der Waals surface area contributed by atoms with Crippen LogP contribution in [0.5, 0.6) is 0 Å². The molecule has 35 heavy (non-hydrogen) atoms. The molecule has 2 aliphatic rings. The van der Waals surface area contributed by atoms with Gasteiger partial charge in [0.05, 0.1) is 0 Å². The summed E-state index contributed by atoms with van der Waals surface area (Å²) in [7, 11) is 0. The third-order valence-corrected chi connectivity index (χ3v) is 5.97. The van der Waals surface area contributed by atoms with Crippen molar-refractivity contribution in [1.29, 1.82) is 0 Å². The van der Waals surface area contributed by atoms with Gasteiger partial charge in [-0.1, -0.05) is 48.5 Å². The molecule has 0 spiro atoms. The fourth-order valence-electron chi connectivity index (χ4n) is 4.11. The van der Waals surface area contributed by atoms with E-state index in [4.69, 9.17) is 9.57 Å². The minimum absolute atomic E-state index is 0.0338. The normalized spacial score (nSPS) is 16.2. The van der Waals surface area contributed by atoms with Gasteiger partial charge in [-0.3, -0.25) is 14.4 Å². The van der Waals surface area contributed by atoms with Crippen LogP contribution < -0.4 is 10.6 Å². The number of nitrogens with one attached hydrogen (secondary N) is 2. The fraction of sp³-hybridized carbons (Fsp3) is 0.320. The molecule has 0 radical (unpaired) electrons. The number of nitrogens with zero attached hydrogens (tertiary/aromatic N) is 1. The number of carbonyl (C=O) groups excluding carboxylic acids is 5. The van der Waals surface area contributed by atoms with Crippen LogP contribution in [0.1, 0.15) is 43.7 Å². The molecule has 0 aromatic heterocycles. The van der Waals surface area contributed by atoms with E-state index in [9.17, 15) is 24.0 Å². The molecule has 1 aliphatic heterocycles. The van der Waals surface area contributed by atoms with E-state index < -0.39 is 41.9 Å². The first-order valence-electron chi connectivity index (χ1n) is 11.3. The molecule has 0 saturated carbocycles. The summed E-state index contributed by atoms with van der Waals surface area (Å²) in [6.45, 7) is 2.86. The van der Waals surface area contributed by atoms with E-state index >= 15 is 0 Å². The van der Waals surface area contributed by atoms with Crippen molar-refractivity contribution < 1.29 is 33.5 Å². The van der Waals surface area contributed by atoms with Gasteiger partial charge in [-0.15, -0.1) is 5.06 Å². The van der Waals surface area contributed by atoms with E-state index in [2.05, 4.69) is 10.6 Å². The maximum Gasteiger partial charge on any atom is 0.407 e. The van der Waals surface area contributed by atoms with E-state index in [1.54, 1.807) is 0 Å². The summed E-state index contributed by atoms with van der Waals surface area (Å²) in [5, 5.41) is 5.22. The summed E-state index contributed by atoms with van der Waals surface area (Å²) in [5.74, 6) is -3.00. The van der Waals surface area contributed by atoms with Gasteiger partial charge in [-0.2, -0.15) is 0 Å². The molecule has 1 heterocycles. The van der Waals surface area contributed by atoms with Crippen molar-refractivity contribution in [3.63, 3.8) is 0 Å². The van der Waals surface area contributed by atoms with Gasteiger partial charge in [0.25, 0.3) is 11.8 Å². The van der Waals surface area contributed by atoms with Gasteiger partial charge in [0, 0.05) is 18.8 Å². The minimum atomic E-state index is -1.16. The Bertz CT molecular complexity index is 1130. The quantitative estimate of drug-likeness (QED) is 0.581. The summed E-state index contributed by atoms with van der Waals surface area (Å²) >= 11 is 0. The van der Waals surface area contributed by atoms with E-state index in [-0.39, 0.29) is 25.4 Å². The molecule has 4 rings (SSSR count). The highest BCUT2D eigenvalue weighted by Crippen LogP contribution is 2.44. The maximum atomic E-state index is 12.4. The van der Waals surface area contributed by atoms with Crippen molar-refractivity contribution in [2.75, 3.05) is 6.61 Å². The first-order chi connectivity index (χ1) is 16.8. The summed E-state index contributed by atoms with van der Waals surface area (Å²) in [5.41, 5.74) is 4.33. The van der Waals surface area contributed by atoms with Crippen molar-refractivity contribution in [1.82, 2.24) is 15.7 Å². The number of imide groups is 1. The third-order valence-electron chi connectivity index (χ3n) is 5.97. The molecule has 1 fully saturated rings. The average Bonchev–Trinajstić information content (AvgIpc) is 3.34. The smallest absolute Gasteiger partial charge is 0.407 e. The zero-order chi connectivity index (χ0) is 25.1. The first kappa shape index (κ1) is 23.9. The lowest BCUT2D eigenvalue weighted by atomic mass is 9.98. The van der Waals surface area contributed by atoms with Crippen LogP contribution in [0.15, 0.2) is 48.5 Å². The molecule has 1 aliphatic carbocycles. The molecule has 2 aromatic rings. The molecule has 2 aromatic carbocycles.